The lowest BCUT2D eigenvalue weighted by atomic mass is 9.94. The van der Waals surface area contributed by atoms with Crippen LogP contribution in [-0.4, -0.2) is 17.0 Å². The molecular weight excluding hydrogens is 470 g/mol. The molecule has 0 atom stereocenters. The molecule has 0 heterocycles. The van der Waals surface area contributed by atoms with Gasteiger partial charge < -0.3 is 15.2 Å². The molecule has 1 fully saturated rings. The maximum absolute atomic E-state index is 13.0. The average molecular weight is 492 g/mol. The summed E-state index contributed by atoms with van der Waals surface area (Å²) in [5.74, 6) is -0.179. The summed E-state index contributed by atoms with van der Waals surface area (Å²) in [6, 6.07) is 22.3. The van der Waals surface area contributed by atoms with Gasteiger partial charge in [-0.3, -0.25) is 4.79 Å². The Morgan fingerprint density at radius 3 is 2.25 bits per heavy atom. The Labute approximate surface area is 194 Å². The van der Waals surface area contributed by atoms with Gasteiger partial charge in [-0.05, 0) is 77.2 Å². The third kappa shape index (κ3) is 4.75. The van der Waals surface area contributed by atoms with Gasteiger partial charge in [-0.25, -0.2) is 4.79 Å². The molecule has 6 heteroatoms. The Balaban J connectivity index is 1.49. The summed E-state index contributed by atoms with van der Waals surface area (Å²) >= 11 is 3.44. The maximum atomic E-state index is 13.0. The molecule has 3 aromatic rings. The number of carbonyl (C=O) groups is 2. The van der Waals surface area contributed by atoms with Crippen LogP contribution in [0, 0.1) is 6.92 Å². The van der Waals surface area contributed by atoms with E-state index in [9.17, 15) is 14.7 Å². The summed E-state index contributed by atoms with van der Waals surface area (Å²) in [7, 11) is 0. The molecule has 1 aliphatic carbocycles. The molecule has 1 saturated carbocycles. The van der Waals surface area contributed by atoms with Crippen molar-refractivity contribution >= 4 is 33.9 Å². The van der Waals surface area contributed by atoms with Crippen LogP contribution in [0.5, 0.6) is 11.5 Å². The van der Waals surface area contributed by atoms with Crippen molar-refractivity contribution < 1.29 is 19.4 Å². The number of nitrogens with one attached hydrogen (secondary N) is 1. The summed E-state index contributed by atoms with van der Waals surface area (Å²) in [4.78, 5) is 24.8. The van der Waals surface area contributed by atoms with Gasteiger partial charge in [-0.15, -0.1) is 0 Å². The van der Waals surface area contributed by atoms with Crippen molar-refractivity contribution in [2.45, 2.75) is 25.2 Å². The molecular formula is C26H22BrNO4. The number of carbonyl (C=O) groups excluding carboxylic acids is 1. The quantitative estimate of drug-likeness (QED) is 0.408. The van der Waals surface area contributed by atoms with Gasteiger partial charge in [-0.1, -0.05) is 54.1 Å². The molecule has 3 aromatic carbocycles. The monoisotopic (exact) mass is 491 g/mol. The van der Waals surface area contributed by atoms with Crippen molar-refractivity contribution in [3.63, 3.8) is 0 Å². The third-order valence-corrected chi connectivity index (χ3v) is 6.18. The Hall–Kier alpha value is -3.38. The van der Waals surface area contributed by atoms with E-state index in [0.29, 0.717) is 29.9 Å². The fourth-order valence-electron chi connectivity index (χ4n) is 3.49. The van der Waals surface area contributed by atoms with Gasteiger partial charge >= 0.3 is 5.97 Å². The Kier molecular flexibility index (Phi) is 6.15. The van der Waals surface area contributed by atoms with E-state index in [0.717, 1.165) is 15.6 Å². The number of hydrogen-bond acceptors (Lipinski definition) is 3. The number of ether oxygens (including phenoxy) is 1. The summed E-state index contributed by atoms with van der Waals surface area (Å²) in [6.45, 7) is 1.99. The highest BCUT2D eigenvalue weighted by Crippen LogP contribution is 2.48. The first-order chi connectivity index (χ1) is 15.4. The van der Waals surface area contributed by atoms with E-state index in [4.69, 9.17) is 4.74 Å². The SMILES string of the molecule is Cc1ccc(C2(C(=O)N/C(=C\c3ccc(Oc4ccccc4Br)cc3)C(=O)O)CC2)cc1. The summed E-state index contributed by atoms with van der Waals surface area (Å²) in [5, 5.41) is 12.3. The molecule has 2 N–H and O–H groups in total. The minimum atomic E-state index is -1.19. The number of para-hydroxylation sites is 1. The highest BCUT2D eigenvalue weighted by molar-refractivity contribution is 9.10. The molecule has 0 aliphatic heterocycles. The zero-order valence-corrected chi connectivity index (χ0v) is 19.1. The number of amides is 1. The maximum Gasteiger partial charge on any atom is 0.352 e. The fourth-order valence-corrected chi connectivity index (χ4v) is 3.86. The number of rotatable bonds is 7. The second-order valence-corrected chi connectivity index (χ2v) is 8.72. The molecule has 0 radical (unpaired) electrons. The predicted molar refractivity (Wildman–Crippen MR) is 127 cm³/mol. The zero-order valence-electron chi connectivity index (χ0n) is 17.5. The lowest BCUT2D eigenvalue weighted by molar-refractivity contribution is -0.134. The normalized spacial score (nSPS) is 14.5. The number of hydrogen-bond donors (Lipinski definition) is 2. The van der Waals surface area contributed by atoms with Crippen LogP contribution in [0.2, 0.25) is 0 Å². The average Bonchev–Trinajstić information content (AvgIpc) is 3.59. The molecule has 0 unspecified atom stereocenters. The van der Waals surface area contributed by atoms with E-state index in [1.807, 2.05) is 55.5 Å². The van der Waals surface area contributed by atoms with E-state index >= 15 is 0 Å². The van der Waals surface area contributed by atoms with Crippen LogP contribution >= 0.6 is 15.9 Å². The molecule has 32 heavy (non-hydrogen) atoms. The molecule has 1 aliphatic rings. The molecule has 5 nitrogen and oxygen atoms in total. The smallest absolute Gasteiger partial charge is 0.352 e. The van der Waals surface area contributed by atoms with Gasteiger partial charge in [0.25, 0.3) is 0 Å². The topological polar surface area (TPSA) is 75.6 Å². The van der Waals surface area contributed by atoms with E-state index in [1.54, 1.807) is 24.3 Å². The number of benzene rings is 3. The van der Waals surface area contributed by atoms with E-state index in [1.165, 1.54) is 6.08 Å². The molecule has 0 bridgehead atoms. The lowest BCUT2D eigenvalue weighted by Crippen LogP contribution is -2.36. The van der Waals surface area contributed by atoms with Gasteiger partial charge in [0.15, 0.2) is 0 Å². The van der Waals surface area contributed by atoms with Crippen molar-refractivity contribution in [2.24, 2.45) is 0 Å². The first-order valence-corrected chi connectivity index (χ1v) is 11.0. The number of carboxylic acids is 1. The Morgan fingerprint density at radius 1 is 1.00 bits per heavy atom. The fraction of sp³-hybridized carbons (Fsp3) is 0.154. The van der Waals surface area contributed by atoms with Crippen molar-refractivity contribution in [2.75, 3.05) is 0 Å². The van der Waals surface area contributed by atoms with Crippen LogP contribution in [0.3, 0.4) is 0 Å². The minimum Gasteiger partial charge on any atom is -0.477 e. The highest BCUT2D eigenvalue weighted by atomic mass is 79.9. The van der Waals surface area contributed by atoms with E-state index in [2.05, 4.69) is 21.2 Å². The summed E-state index contributed by atoms with van der Waals surface area (Å²) in [5.41, 5.74) is 1.86. The largest absolute Gasteiger partial charge is 0.477 e. The van der Waals surface area contributed by atoms with Crippen LogP contribution < -0.4 is 10.1 Å². The first-order valence-electron chi connectivity index (χ1n) is 10.2. The van der Waals surface area contributed by atoms with Gasteiger partial charge in [-0.2, -0.15) is 0 Å². The lowest BCUT2D eigenvalue weighted by Gasteiger charge is -2.16. The first kappa shape index (κ1) is 21.8. The summed E-state index contributed by atoms with van der Waals surface area (Å²) in [6.07, 6.45) is 2.86. The zero-order chi connectivity index (χ0) is 22.7. The summed E-state index contributed by atoms with van der Waals surface area (Å²) < 4.78 is 6.67. The van der Waals surface area contributed by atoms with Crippen LogP contribution in [0.4, 0.5) is 0 Å². The third-order valence-electron chi connectivity index (χ3n) is 5.52. The van der Waals surface area contributed by atoms with E-state index < -0.39 is 11.4 Å². The molecule has 0 saturated heterocycles. The Bertz CT molecular complexity index is 1180. The molecule has 4 rings (SSSR count). The van der Waals surface area contributed by atoms with Crippen molar-refractivity contribution in [1.82, 2.24) is 5.32 Å². The second-order valence-electron chi connectivity index (χ2n) is 7.87. The van der Waals surface area contributed by atoms with Crippen molar-refractivity contribution in [3.8, 4) is 11.5 Å². The predicted octanol–water partition coefficient (Wildman–Crippen LogP) is 5.82. The Morgan fingerprint density at radius 2 is 1.66 bits per heavy atom. The second kappa shape index (κ2) is 9.01. The van der Waals surface area contributed by atoms with Gasteiger partial charge in [0.1, 0.15) is 17.2 Å². The molecule has 162 valence electrons. The molecule has 1 amide bonds. The number of halogens is 1. The molecule has 0 aromatic heterocycles. The van der Waals surface area contributed by atoms with Crippen molar-refractivity contribution in [3.05, 3.63) is 99.7 Å². The van der Waals surface area contributed by atoms with Crippen LogP contribution in [0.25, 0.3) is 6.08 Å². The minimum absolute atomic E-state index is 0.159. The standard InChI is InChI=1S/C26H22BrNO4/c1-17-6-10-19(11-7-17)26(14-15-26)25(31)28-22(24(29)30)16-18-8-12-20(13-9-18)32-23-5-3-2-4-21(23)27/h2-13,16H,14-15H2,1H3,(H,28,31)(H,29,30)/b22-16-. The van der Waals surface area contributed by atoms with Crippen LogP contribution in [-0.2, 0) is 15.0 Å². The number of carboxylic acid groups (broad SMARTS) is 1. The van der Waals surface area contributed by atoms with Crippen LogP contribution in [0.1, 0.15) is 29.5 Å². The van der Waals surface area contributed by atoms with E-state index in [-0.39, 0.29) is 11.6 Å². The number of aryl methyl sites for hydroxylation is 1. The van der Waals surface area contributed by atoms with Crippen molar-refractivity contribution in [1.29, 1.82) is 0 Å². The van der Waals surface area contributed by atoms with Gasteiger partial charge in [0.05, 0.1) is 9.89 Å². The van der Waals surface area contributed by atoms with Gasteiger partial charge in [0, 0.05) is 0 Å². The van der Waals surface area contributed by atoms with Gasteiger partial charge in [0.2, 0.25) is 5.91 Å². The van der Waals surface area contributed by atoms with Crippen LogP contribution in [0.15, 0.2) is 83.0 Å². The number of aliphatic carboxylic acids is 1. The highest BCUT2D eigenvalue weighted by Gasteiger charge is 2.51. The molecule has 0 spiro atoms.